The largest absolute Gasteiger partial charge is 0.508 e. The average molecular weight is 298 g/mol. The van der Waals surface area contributed by atoms with Gasteiger partial charge in [0.05, 0.1) is 0 Å². The molecule has 0 unspecified atom stereocenters. The van der Waals surface area contributed by atoms with Crippen LogP contribution in [0.4, 0.5) is 11.4 Å². The van der Waals surface area contributed by atoms with E-state index in [0.29, 0.717) is 17.3 Å². The summed E-state index contributed by atoms with van der Waals surface area (Å²) >= 11 is 0. The van der Waals surface area contributed by atoms with Crippen molar-refractivity contribution in [1.29, 1.82) is 0 Å². The first-order valence-electron chi connectivity index (χ1n) is 6.97. The van der Waals surface area contributed by atoms with E-state index >= 15 is 0 Å². The highest BCUT2D eigenvalue weighted by Crippen LogP contribution is 2.17. The maximum absolute atomic E-state index is 11.8. The van der Waals surface area contributed by atoms with Crippen molar-refractivity contribution in [2.75, 3.05) is 10.6 Å². The number of hydrogen-bond acceptors (Lipinski definition) is 3. The fourth-order valence-electron chi connectivity index (χ4n) is 1.87. The first kappa shape index (κ1) is 15.6. The molecular formula is C17H18N2O3. The third-order valence-electron chi connectivity index (χ3n) is 3.17. The lowest BCUT2D eigenvalue weighted by Gasteiger charge is -2.09. The van der Waals surface area contributed by atoms with Crippen molar-refractivity contribution in [2.45, 2.75) is 19.8 Å². The summed E-state index contributed by atoms with van der Waals surface area (Å²) in [4.78, 5) is 23.6. The van der Waals surface area contributed by atoms with Crippen molar-refractivity contribution in [3.63, 3.8) is 0 Å². The van der Waals surface area contributed by atoms with Gasteiger partial charge in [0.15, 0.2) is 0 Å². The molecule has 2 aromatic rings. The molecule has 0 saturated heterocycles. The van der Waals surface area contributed by atoms with Crippen molar-refractivity contribution >= 4 is 23.2 Å². The molecule has 2 amide bonds. The second-order valence-electron chi connectivity index (χ2n) is 5.23. The van der Waals surface area contributed by atoms with Gasteiger partial charge in [0.25, 0.3) is 0 Å². The summed E-state index contributed by atoms with van der Waals surface area (Å²) in [5.41, 5.74) is 2.16. The molecule has 5 nitrogen and oxygen atoms in total. The van der Waals surface area contributed by atoms with Gasteiger partial charge in [0.2, 0.25) is 0 Å². The van der Waals surface area contributed by atoms with E-state index in [1.54, 1.807) is 12.1 Å². The number of rotatable bonds is 3. The molecule has 0 radical (unpaired) electrons. The Hall–Kier alpha value is -2.82. The maximum atomic E-state index is 11.8. The highest BCUT2D eigenvalue weighted by atomic mass is 16.3. The van der Waals surface area contributed by atoms with E-state index in [4.69, 9.17) is 5.11 Å². The quantitative estimate of drug-likeness (QED) is 0.602. The molecule has 2 aromatic carbocycles. The van der Waals surface area contributed by atoms with Crippen LogP contribution in [0.2, 0.25) is 0 Å². The predicted molar refractivity (Wildman–Crippen MR) is 85.9 cm³/mol. The van der Waals surface area contributed by atoms with Gasteiger partial charge in [-0.05, 0) is 47.9 Å². The van der Waals surface area contributed by atoms with Gasteiger partial charge >= 0.3 is 11.8 Å². The summed E-state index contributed by atoms with van der Waals surface area (Å²) < 4.78 is 0. The van der Waals surface area contributed by atoms with Gasteiger partial charge in [-0.1, -0.05) is 26.0 Å². The molecule has 2 rings (SSSR count). The minimum atomic E-state index is -0.765. The van der Waals surface area contributed by atoms with Crippen LogP contribution >= 0.6 is 0 Å². The number of phenols is 1. The first-order valence-corrected chi connectivity index (χ1v) is 6.97. The van der Waals surface area contributed by atoms with Gasteiger partial charge in [-0.3, -0.25) is 9.59 Å². The summed E-state index contributed by atoms with van der Waals surface area (Å²) in [5.74, 6) is -1.01. The van der Waals surface area contributed by atoms with Crippen LogP contribution in [0.15, 0.2) is 48.5 Å². The number of amides is 2. The van der Waals surface area contributed by atoms with Crippen LogP contribution in [0, 0.1) is 0 Å². The summed E-state index contributed by atoms with van der Waals surface area (Å²) in [6.45, 7) is 4.16. The fraction of sp³-hybridized carbons (Fsp3) is 0.176. The van der Waals surface area contributed by atoms with Gasteiger partial charge in [0.1, 0.15) is 5.75 Å². The van der Waals surface area contributed by atoms with E-state index in [0.717, 1.165) is 5.56 Å². The molecule has 0 fully saturated rings. The van der Waals surface area contributed by atoms with Crippen LogP contribution < -0.4 is 10.6 Å². The normalized spacial score (nSPS) is 10.3. The molecule has 0 saturated carbocycles. The number of nitrogens with one attached hydrogen (secondary N) is 2. The third-order valence-corrected chi connectivity index (χ3v) is 3.17. The molecule has 22 heavy (non-hydrogen) atoms. The second-order valence-corrected chi connectivity index (χ2v) is 5.23. The molecule has 0 heterocycles. The molecule has 0 aliphatic heterocycles. The Morgan fingerprint density at radius 2 is 1.23 bits per heavy atom. The van der Waals surface area contributed by atoms with Crippen LogP contribution in [0.25, 0.3) is 0 Å². The lowest BCUT2D eigenvalue weighted by atomic mass is 10.0. The van der Waals surface area contributed by atoms with Gasteiger partial charge < -0.3 is 15.7 Å². The Kier molecular flexibility index (Phi) is 4.78. The lowest BCUT2D eigenvalue weighted by molar-refractivity contribution is -0.132. The topological polar surface area (TPSA) is 78.4 Å². The summed E-state index contributed by atoms with van der Waals surface area (Å²) in [6.07, 6.45) is 0. The van der Waals surface area contributed by atoms with Gasteiger partial charge in [0, 0.05) is 11.4 Å². The van der Waals surface area contributed by atoms with Crippen LogP contribution in [0.5, 0.6) is 5.75 Å². The Bertz CT molecular complexity index is 661. The zero-order valence-electron chi connectivity index (χ0n) is 12.5. The van der Waals surface area contributed by atoms with Crippen molar-refractivity contribution in [3.05, 3.63) is 54.1 Å². The van der Waals surface area contributed by atoms with Gasteiger partial charge in [-0.2, -0.15) is 0 Å². The lowest BCUT2D eigenvalue weighted by Crippen LogP contribution is -2.29. The van der Waals surface area contributed by atoms with Gasteiger partial charge in [-0.25, -0.2) is 0 Å². The Morgan fingerprint density at radius 1 is 0.818 bits per heavy atom. The Labute approximate surface area is 129 Å². The Balaban J connectivity index is 1.96. The number of benzene rings is 2. The fourth-order valence-corrected chi connectivity index (χ4v) is 1.87. The standard InChI is InChI=1S/C17H18N2O3/c1-11(2)12-3-5-13(6-4-12)18-16(21)17(22)19-14-7-9-15(20)10-8-14/h3-11,20H,1-2H3,(H,18,21)(H,19,22). The molecule has 0 bridgehead atoms. The number of anilines is 2. The zero-order valence-corrected chi connectivity index (χ0v) is 12.5. The third kappa shape index (κ3) is 4.09. The number of phenolic OH excluding ortho intramolecular Hbond substituents is 1. The molecular weight excluding hydrogens is 280 g/mol. The molecule has 0 spiro atoms. The van der Waals surface area contributed by atoms with E-state index < -0.39 is 11.8 Å². The monoisotopic (exact) mass is 298 g/mol. The number of hydrogen-bond donors (Lipinski definition) is 3. The maximum Gasteiger partial charge on any atom is 0.314 e. The van der Waals surface area contributed by atoms with Gasteiger partial charge in [-0.15, -0.1) is 0 Å². The Morgan fingerprint density at radius 3 is 1.64 bits per heavy atom. The molecule has 0 aromatic heterocycles. The number of carbonyl (C=O) groups is 2. The van der Waals surface area contributed by atoms with Crippen LogP contribution in [-0.2, 0) is 9.59 Å². The van der Waals surface area contributed by atoms with Crippen molar-refractivity contribution in [3.8, 4) is 5.75 Å². The predicted octanol–water partition coefficient (Wildman–Crippen LogP) is 3.09. The molecule has 0 aliphatic carbocycles. The van der Waals surface area contributed by atoms with E-state index in [2.05, 4.69) is 24.5 Å². The minimum absolute atomic E-state index is 0.0905. The van der Waals surface area contributed by atoms with E-state index in [9.17, 15) is 9.59 Å². The summed E-state index contributed by atoms with van der Waals surface area (Å²) in [6, 6.07) is 13.2. The highest BCUT2D eigenvalue weighted by molar-refractivity contribution is 6.43. The molecule has 114 valence electrons. The molecule has 0 aliphatic rings. The van der Waals surface area contributed by atoms with Crippen molar-refractivity contribution in [2.24, 2.45) is 0 Å². The molecule has 5 heteroatoms. The smallest absolute Gasteiger partial charge is 0.314 e. The second kappa shape index (κ2) is 6.76. The van der Waals surface area contributed by atoms with Crippen LogP contribution in [0.3, 0.4) is 0 Å². The average Bonchev–Trinajstić information content (AvgIpc) is 2.50. The van der Waals surface area contributed by atoms with E-state index in [1.165, 1.54) is 24.3 Å². The summed E-state index contributed by atoms with van der Waals surface area (Å²) in [7, 11) is 0. The zero-order chi connectivity index (χ0) is 16.1. The molecule has 3 N–H and O–H groups in total. The minimum Gasteiger partial charge on any atom is -0.508 e. The SMILES string of the molecule is CC(C)c1ccc(NC(=O)C(=O)Nc2ccc(O)cc2)cc1. The van der Waals surface area contributed by atoms with Crippen molar-refractivity contribution in [1.82, 2.24) is 0 Å². The van der Waals surface area contributed by atoms with E-state index in [1.807, 2.05) is 12.1 Å². The number of carbonyl (C=O) groups excluding carboxylic acids is 2. The highest BCUT2D eigenvalue weighted by Gasteiger charge is 2.14. The van der Waals surface area contributed by atoms with E-state index in [-0.39, 0.29) is 5.75 Å². The number of aromatic hydroxyl groups is 1. The first-order chi connectivity index (χ1) is 10.5. The summed E-state index contributed by atoms with van der Waals surface area (Å²) in [5, 5.41) is 14.2. The van der Waals surface area contributed by atoms with Crippen LogP contribution in [-0.4, -0.2) is 16.9 Å². The van der Waals surface area contributed by atoms with Crippen molar-refractivity contribution < 1.29 is 14.7 Å². The molecule has 0 atom stereocenters. The van der Waals surface area contributed by atoms with Crippen LogP contribution in [0.1, 0.15) is 25.3 Å².